The Kier molecular flexibility index (Phi) is 15.4. The summed E-state index contributed by atoms with van der Waals surface area (Å²) in [7, 11) is 0. The van der Waals surface area contributed by atoms with E-state index in [2.05, 4.69) is 6.92 Å². The first-order valence-corrected chi connectivity index (χ1v) is 17.2. The number of carbonyl (C=O) groups is 1. The van der Waals surface area contributed by atoms with Crippen molar-refractivity contribution < 1.29 is 33.2 Å². The monoisotopic (exact) mass is 582 g/mol. The van der Waals surface area contributed by atoms with Gasteiger partial charge in [-0.15, -0.1) is 0 Å². The predicted octanol–water partition coefficient (Wildman–Crippen LogP) is 8.75. The lowest BCUT2D eigenvalue weighted by Crippen LogP contribution is -2.56. The van der Waals surface area contributed by atoms with Crippen molar-refractivity contribution in [2.24, 2.45) is 0 Å². The second-order valence-electron chi connectivity index (χ2n) is 13.5. The Morgan fingerprint density at radius 2 is 0.976 bits per heavy atom. The smallest absolute Gasteiger partial charge is 0.305 e. The molecular formula is C34H62O7. The van der Waals surface area contributed by atoms with Crippen LogP contribution in [0.25, 0.3) is 0 Å². The third-order valence-electron chi connectivity index (χ3n) is 8.64. The van der Waals surface area contributed by atoms with Gasteiger partial charge in [0.05, 0.1) is 0 Å². The van der Waals surface area contributed by atoms with Crippen LogP contribution < -0.4 is 0 Å². The van der Waals surface area contributed by atoms with E-state index in [4.69, 9.17) is 28.4 Å². The highest BCUT2D eigenvalue weighted by molar-refractivity contribution is 5.69. The lowest BCUT2D eigenvalue weighted by atomic mass is 9.99. The largest absolute Gasteiger partial charge is 0.463 e. The van der Waals surface area contributed by atoms with Gasteiger partial charge >= 0.3 is 5.97 Å². The van der Waals surface area contributed by atoms with Crippen LogP contribution in [0.3, 0.4) is 0 Å². The molecule has 3 aliphatic rings. The Bertz CT molecular complexity index is 724. The van der Waals surface area contributed by atoms with Gasteiger partial charge in [-0.3, -0.25) is 4.79 Å². The number of hydrogen-bond donors (Lipinski definition) is 0. The van der Waals surface area contributed by atoms with Crippen molar-refractivity contribution >= 4 is 5.97 Å². The molecule has 0 spiro atoms. The molecule has 0 amide bonds. The molecule has 3 rings (SSSR count). The Morgan fingerprint density at radius 1 is 0.561 bits per heavy atom. The molecule has 7 nitrogen and oxygen atoms in total. The number of fused-ring (bicyclic) bond motifs is 3. The number of unbranched alkanes of at least 4 members (excludes halogenated alkanes) is 18. The zero-order chi connectivity index (χ0) is 29.6. The number of rotatable bonds is 22. The van der Waals surface area contributed by atoms with Gasteiger partial charge in [-0.1, -0.05) is 122 Å². The molecule has 3 aliphatic heterocycles. The van der Waals surface area contributed by atoms with Crippen LogP contribution in [0.2, 0.25) is 0 Å². The van der Waals surface area contributed by atoms with Crippen molar-refractivity contribution in [3.63, 3.8) is 0 Å². The molecule has 0 radical (unpaired) electrons. The Balaban J connectivity index is 1.12. The molecule has 0 aromatic rings. The second-order valence-corrected chi connectivity index (χ2v) is 13.5. The molecule has 0 unspecified atom stereocenters. The molecule has 3 heterocycles. The van der Waals surface area contributed by atoms with Crippen molar-refractivity contribution in [1.82, 2.24) is 0 Å². The van der Waals surface area contributed by atoms with Crippen molar-refractivity contribution in [3.8, 4) is 0 Å². The van der Waals surface area contributed by atoms with Crippen LogP contribution in [-0.2, 0) is 33.2 Å². The summed E-state index contributed by atoms with van der Waals surface area (Å²) in [6.45, 7) is 9.89. The van der Waals surface area contributed by atoms with Gasteiger partial charge < -0.3 is 28.4 Å². The minimum absolute atomic E-state index is 0.131. The maximum atomic E-state index is 12.4. The van der Waals surface area contributed by atoms with Crippen LogP contribution in [0.5, 0.6) is 0 Å². The lowest BCUT2D eigenvalue weighted by Gasteiger charge is -2.36. The lowest BCUT2D eigenvalue weighted by molar-refractivity contribution is -0.242. The number of hydrogen-bond acceptors (Lipinski definition) is 7. The molecule has 0 aliphatic carbocycles. The Morgan fingerprint density at radius 3 is 1.49 bits per heavy atom. The predicted molar refractivity (Wildman–Crippen MR) is 161 cm³/mol. The van der Waals surface area contributed by atoms with E-state index in [1.54, 1.807) is 0 Å². The Hall–Kier alpha value is -0.730. The molecule has 5 atom stereocenters. The van der Waals surface area contributed by atoms with Gasteiger partial charge in [-0.05, 0) is 34.1 Å². The molecule has 0 bridgehead atoms. The normalized spacial score (nSPS) is 28.0. The van der Waals surface area contributed by atoms with Gasteiger partial charge in [0.15, 0.2) is 17.9 Å². The fraction of sp³-hybridized carbons (Fsp3) is 0.971. The third-order valence-corrected chi connectivity index (χ3v) is 8.64. The van der Waals surface area contributed by atoms with Gasteiger partial charge in [0.1, 0.15) is 31.0 Å². The van der Waals surface area contributed by atoms with Gasteiger partial charge in [0.2, 0.25) is 0 Å². The van der Waals surface area contributed by atoms with Crippen LogP contribution in [0, 0.1) is 0 Å². The SMILES string of the molecule is CCCCCCCCCCCCCCCCCCCCCC(=O)OC[C@H]1O[C@@H]2OC(C)(C)O[C@@H]2[C@H]2OC(C)(C)O[C@H]21. The van der Waals surface area contributed by atoms with Gasteiger partial charge in [0.25, 0.3) is 0 Å². The standard InChI is InChI=1S/C34H62O7/c1-6-7-8-9-10-11-12-13-14-15-16-17-18-19-20-21-22-23-24-25-28(35)36-26-27-29-30(39-33(2,3)38-29)31-32(37-27)41-34(4,5)40-31/h27,29-32H,6-26H2,1-5H3/t27-,29+,30+,31-,32-/m1/s1. The van der Waals surface area contributed by atoms with Crippen molar-refractivity contribution in [2.75, 3.05) is 6.61 Å². The molecule has 3 fully saturated rings. The molecule has 0 N–H and O–H groups in total. The van der Waals surface area contributed by atoms with Crippen molar-refractivity contribution in [2.45, 2.75) is 205 Å². The average Bonchev–Trinajstić information content (AvgIpc) is 3.42. The molecular weight excluding hydrogens is 520 g/mol. The summed E-state index contributed by atoms with van der Waals surface area (Å²) < 4.78 is 35.9. The summed E-state index contributed by atoms with van der Waals surface area (Å²) in [5, 5.41) is 0. The number of carbonyl (C=O) groups excluding carboxylic acids is 1. The topological polar surface area (TPSA) is 72.5 Å². The highest BCUT2D eigenvalue weighted by Crippen LogP contribution is 2.44. The van der Waals surface area contributed by atoms with Crippen molar-refractivity contribution in [3.05, 3.63) is 0 Å². The van der Waals surface area contributed by atoms with E-state index in [0.717, 1.165) is 12.8 Å². The van der Waals surface area contributed by atoms with E-state index >= 15 is 0 Å². The minimum atomic E-state index is -0.756. The maximum Gasteiger partial charge on any atom is 0.305 e. The molecule has 0 saturated carbocycles. The van der Waals surface area contributed by atoms with Crippen LogP contribution in [-0.4, -0.2) is 54.9 Å². The highest BCUT2D eigenvalue weighted by atomic mass is 16.9. The van der Waals surface area contributed by atoms with Crippen LogP contribution in [0.1, 0.15) is 163 Å². The van der Waals surface area contributed by atoms with E-state index in [0.29, 0.717) is 6.42 Å². The zero-order valence-corrected chi connectivity index (χ0v) is 27.1. The summed E-state index contributed by atoms with van der Waals surface area (Å²) >= 11 is 0. The first-order valence-electron chi connectivity index (χ1n) is 17.2. The molecule has 41 heavy (non-hydrogen) atoms. The Labute approximate surface area is 251 Å². The van der Waals surface area contributed by atoms with E-state index in [9.17, 15) is 4.79 Å². The van der Waals surface area contributed by atoms with E-state index in [-0.39, 0.29) is 30.9 Å². The average molecular weight is 583 g/mol. The highest BCUT2D eigenvalue weighted by Gasteiger charge is 2.60. The van der Waals surface area contributed by atoms with Crippen LogP contribution in [0.15, 0.2) is 0 Å². The molecule has 7 heteroatoms. The maximum absolute atomic E-state index is 12.4. The summed E-state index contributed by atoms with van der Waals surface area (Å²) in [5.74, 6) is -1.69. The molecule has 0 aromatic heterocycles. The first-order chi connectivity index (χ1) is 19.7. The number of esters is 1. The minimum Gasteiger partial charge on any atom is -0.463 e. The summed E-state index contributed by atoms with van der Waals surface area (Å²) in [6, 6.07) is 0. The fourth-order valence-electron chi connectivity index (χ4n) is 6.42. The summed E-state index contributed by atoms with van der Waals surface area (Å²) in [5.41, 5.74) is 0. The van der Waals surface area contributed by atoms with E-state index in [1.165, 1.54) is 109 Å². The van der Waals surface area contributed by atoms with E-state index in [1.807, 2.05) is 27.7 Å². The van der Waals surface area contributed by atoms with Crippen LogP contribution in [0.4, 0.5) is 0 Å². The summed E-state index contributed by atoms with van der Waals surface area (Å²) in [4.78, 5) is 12.4. The first kappa shape index (κ1) is 34.8. The van der Waals surface area contributed by atoms with Gasteiger partial charge in [-0.25, -0.2) is 0 Å². The second kappa shape index (κ2) is 18.2. The van der Waals surface area contributed by atoms with Crippen LogP contribution >= 0.6 is 0 Å². The van der Waals surface area contributed by atoms with Gasteiger partial charge in [0, 0.05) is 6.42 Å². The molecule has 3 saturated heterocycles. The van der Waals surface area contributed by atoms with Gasteiger partial charge in [-0.2, -0.15) is 0 Å². The fourth-order valence-corrected chi connectivity index (χ4v) is 6.42. The quantitative estimate of drug-likeness (QED) is 0.0933. The summed E-state index contributed by atoms with van der Waals surface area (Å²) in [6.07, 6.45) is 23.8. The van der Waals surface area contributed by atoms with Crippen molar-refractivity contribution in [1.29, 1.82) is 0 Å². The zero-order valence-electron chi connectivity index (χ0n) is 27.1. The third kappa shape index (κ3) is 12.8. The number of ether oxygens (including phenoxy) is 6. The van der Waals surface area contributed by atoms with E-state index < -0.39 is 24.0 Å². The molecule has 240 valence electrons. The molecule has 0 aromatic carbocycles.